The molecule has 6 heteroatoms. The second kappa shape index (κ2) is 7.05. The average Bonchev–Trinajstić information content (AvgIpc) is 2.59. The Kier molecular flexibility index (Phi) is 4.85. The normalized spacial score (nSPS) is 15.8. The van der Waals surface area contributed by atoms with Crippen LogP contribution in [0, 0.1) is 19.7 Å². The smallest absolute Gasteiger partial charge is 0.182 e. The Hall–Kier alpha value is -2.34. The number of nitrogens with one attached hydrogen (secondary N) is 1. The molecule has 1 heterocycles. The number of nitrogens with zero attached hydrogens (tertiary/aromatic N) is 2. The molecule has 0 spiro atoms. The highest BCUT2D eigenvalue weighted by atomic mass is 32.2. The number of hydrogen-bond acceptors (Lipinski definition) is 4. The van der Waals surface area contributed by atoms with Gasteiger partial charge in [0, 0.05) is 11.3 Å². The third kappa shape index (κ3) is 3.43. The molecule has 1 aliphatic rings. The van der Waals surface area contributed by atoms with E-state index >= 15 is 0 Å². The molecule has 0 saturated heterocycles. The first-order chi connectivity index (χ1) is 11.6. The van der Waals surface area contributed by atoms with Gasteiger partial charge in [-0.3, -0.25) is 5.43 Å². The molecule has 0 bridgehead atoms. The first-order valence-corrected chi connectivity index (χ1v) is 8.51. The van der Waals surface area contributed by atoms with Crippen molar-refractivity contribution in [3.05, 3.63) is 58.9 Å². The number of thioether (sulfide) groups is 1. The Morgan fingerprint density at radius 1 is 1.25 bits per heavy atom. The summed E-state index contributed by atoms with van der Waals surface area (Å²) in [7, 11) is 1.56. The van der Waals surface area contributed by atoms with E-state index in [0.717, 1.165) is 22.1 Å². The van der Waals surface area contributed by atoms with Crippen LogP contribution in [-0.2, 0) is 0 Å². The van der Waals surface area contributed by atoms with Crippen LogP contribution in [0.4, 0.5) is 10.1 Å². The molecular weight excluding hydrogens is 325 g/mol. The van der Waals surface area contributed by atoms with Crippen molar-refractivity contribution >= 4 is 28.3 Å². The largest absolute Gasteiger partial charge is 0.496 e. The van der Waals surface area contributed by atoms with Gasteiger partial charge < -0.3 is 4.74 Å². The van der Waals surface area contributed by atoms with Crippen molar-refractivity contribution in [1.29, 1.82) is 0 Å². The highest BCUT2D eigenvalue weighted by Gasteiger charge is 2.17. The van der Waals surface area contributed by atoms with Gasteiger partial charge in [-0.1, -0.05) is 23.9 Å². The minimum atomic E-state index is -0.312. The summed E-state index contributed by atoms with van der Waals surface area (Å²) in [6.07, 6.45) is 0. The van der Waals surface area contributed by atoms with Crippen LogP contribution in [0.1, 0.15) is 16.7 Å². The highest BCUT2D eigenvalue weighted by molar-refractivity contribution is 8.14. The first-order valence-electron chi connectivity index (χ1n) is 7.52. The Balaban J connectivity index is 1.85. The maximum absolute atomic E-state index is 13.5. The lowest BCUT2D eigenvalue weighted by atomic mass is 10.1. The number of aliphatic imine (C=N–C) groups is 1. The fraction of sp³-hybridized carbons (Fsp3) is 0.222. The molecule has 124 valence electrons. The van der Waals surface area contributed by atoms with Gasteiger partial charge in [-0.2, -0.15) is 5.10 Å². The van der Waals surface area contributed by atoms with Gasteiger partial charge in [0.25, 0.3) is 0 Å². The third-order valence-corrected chi connectivity index (χ3v) is 4.78. The van der Waals surface area contributed by atoms with E-state index in [2.05, 4.69) is 35.4 Å². The quantitative estimate of drug-likeness (QED) is 0.909. The minimum absolute atomic E-state index is 0.312. The molecule has 0 atom stereocenters. The van der Waals surface area contributed by atoms with Gasteiger partial charge in [-0.15, -0.1) is 0 Å². The molecule has 0 fully saturated rings. The van der Waals surface area contributed by atoms with E-state index in [1.807, 2.05) is 12.1 Å². The van der Waals surface area contributed by atoms with Crippen molar-refractivity contribution in [2.45, 2.75) is 13.8 Å². The van der Waals surface area contributed by atoms with Crippen LogP contribution >= 0.6 is 11.8 Å². The fourth-order valence-electron chi connectivity index (χ4n) is 2.38. The summed E-state index contributed by atoms with van der Waals surface area (Å²) < 4.78 is 18.8. The zero-order chi connectivity index (χ0) is 17.1. The van der Waals surface area contributed by atoms with Crippen molar-refractivity contribution in [3.8, 4) is 5.75 Å². The summed E-state index contributed by atoms with van der Waals surface area (Å²) >= 11 is 1.53. The minimum Gasteiger partial charge on any atom is -0.496 e. The summed E-state index contributed by atoms with van der Waals surface area (Å²) in [6, 6.07) is 10.4. The van der Waals surface area contributed by atoms with E-state index in [1.165, 1.54) is 29.5 Å². The second-order valence-electron chi connectivity index (χ2n) is 5.44. The number of ether oxygens (including phenoxy) is 1. The van der Waals surface area contributed by atoms with Crippen molar-refractivity contribution in [2.75, 3.05) is 12.9 Å². The molecule has 2 aromatic carbocycles. The average molecular weight is 343 g/mol. The van der Waals surface area contributed by atoms with Gasteiger partial charge in [-0.05, 0) is 49.2 Å². The van der Waals surface area contributed by atoms with Crippen LogP contribution in [-0.4, -0.2) is 23.7 Å². The number of amidine groups is 1. The van der Waals surface area contributed by atoms with E-state index in [-0.39, 0.29) is 5.82 Å². The maximum Gasteiger partial charge on any atom is 0.182 e. The van der Waals surface area contributed by atoms with Gasteiger partial charge in [0.15, 0.2) is 5.17 Å². The van der Waals surface area contributed by atoms with E-state index in [0.29, 0.717) is 17.1 Å². The predicted molar refractivity (Wildman–Crippen MR) is 98.1 cm³/mol. The summed E-state index contributed by atoms with van der Waals surface area (Å²) in [6.45, 7) is 4.11. The van der Waals surface area contributed by atoms with E-state index in [4.69, 9.17) is 4.74 Å². The number of benzene rings is 2. The highest BCUT2D eigenvalue weighted by Crippen LogP contribution is 2.26. The molecule has 0 radical (unpaired) electrons. The number of aryl methyl sites for hydroxylation is 1. The standard InChI is InChI=1S/C18H18FN3OS/c1-11-5-4-6-15(12(11)2)20-18-22-21-16(10-24-18)14-9-13(19)7-8-17(14)23-3/h4-9H,10H2,1-3H3,(H,20,22). The molecule has 0 unspecified atom stereocenters. The molecule has 3 rings (SSSR count). The first kappa shape index (κ1) is 16.5. The molecule has 1 aliphatic heterocycles. The number of halogens is 1. The topological polar surface area (TPSA) is 46.0 Å². The van der Waals surface area contributed by atoms with Crippen LogP contribution in [0.25, 0.3) is 0 Å². The van der Waals surface area contributed by atoms with Gasteiger partial charge in [0.2, 0.25) is 0 Å². The Labute approximate surface area is 144 Å². The van der Waals surface area contributed by atoms with E-state index < -0.39 is 0 Å². The maximum atomic E-state index is 13.5. The lowest BCUT2D eigenvalue weighted by molar-refractivity contribution is 0.412. The summed E-state index contributed by atoms with van der Waals surface area (Å²) in [4.78, 5) is 4.62. The predicted octanol–water partition coefficient (Wildman–Crippen LogP) is 4.18. The van der Waals surface area contributed by atoms with Gasteiger partial charge >= 0.3 is 0 Å². The molecule has 0 amide bonds. The molecule has 0 aromatic heterocycles. The Morgan fingerprint density at radius 3 is 2.79 bits per heavy atom. The zero-order valence-electron chi connectivity index (χ0n) is 13.8. The number of rotatable bonds is 3. The van der Waals surface area contributed by atoms with Crippen LogP contribution in [0.5, 0.6) is 5.75 Å². The number of hydrazone groups is 1. The van der Waals surface area contributed by atoms with Crippen LogP contribution < -0.4 is 10.2 Å². The molecular formula is C18H18FN3OS. The summed E-state index contributed by atoms with van der Waals surface area (Å²) in [5.41, 5.74) is 7.62. The van der Waals surface area contributed by atoms with Crippen molar-refractivity contribution < 1.29 is 9.13 Å². The van der Waals surface area contributed by atoms with Crippen LogP contribution in [0.2, 0.25) is 0 Å². The van der Waals surface area contributed by atoms with Gasteiger partial charge in [0.05, 0.1) is 18.5 Å². The lowest BCUT2D eigenvalue weighted by Crippen LogP contribution is -2.25. The lowest BCUT2D eigenvalue weighted by Gasteiger charge is -2.17. The molecule has 0 saturated carbocycles. The number of methoxy groups -OCH3 is 1. The van der Waals surface area contributed by atoms with Crippen molar-refractivity contribution in [3.63, 3.8) is 0 Å². The third-order valence-electron chi connectivity index (χ3n) is 3.90. The van der Waals surface area contributed by atoms with Crippen LogP contribution in [0.15, 0.2) is 46.5 Å². The SMILES string of the molecule is COc1ccc(F)cc1C1=NNC(=Nc2cccc(C)c2C)SC1. The van der Waals surface area contributed by atoms with E-state index in [9.17, 15) is 4.39 Å². The van der Waals surface area contributed by atoms with Crippen molar-refractivity contribution in [2.24, 2.45) is 10.1 Å². The van der Waals surface area contributed by atoms with Gasteiger partial charge in [0.1, 0.15) is 11.6 Å². The van der Waals surface area contributed by atoms with Crippen molar-refractivity contribution in [1.82, 2.24) is 5.43 Å². The monoisotopic (exact) mass is 343 g/mol. The summed E-state index contributed by atoms with van der Waals surface area (Å²) in [5, 5.41) is 5.07. The molecule has 4 nitrogen and oxygen atoms in total. The fourth-order valence-corrected chi connectivity index (χ4v) is 3.15. The molecule has 1 N–H and O–H groups in total. The van der Waals surface area contributed by atoms with E-state index in [1.54, 1.807) is 13.2 Å². The number of hydrogen-bond donors (Lipinski definition) is 1. The summed E-state index contributed by atoms with van der Waals surface area (Å²) in [5.74, 6) is 0.886. The zero-order valence-corrected chi connectivity index (χ0v) is 14.6. The van der Waals surface area contributed by atoms with Crippen LogP contribution in [0.3, 0.4) is 0 Å². The van der Waals surface area contributed by atoms with Gasteiger partial charge in [-0.25, -0.2) is 9.38 Å². The molecule has 24 heavy (non-hydrogen) atoms. The molecule has 2 aromatic rings. The Morgan fingerprint density at radius 2 is 2.08 bits per heavy atom. The second-order valence-corrected chi connectivity index (χ2v) is 6.40. The Bertz CT molecular complexity index is 833. The molecule has 0 aliphatic carbocycles.